The van der Waals surface area contributed by atoms with Gasteiger partial charge < -0.3 is 0 Å². The molecule has 0 radical (unpaired) electrons. The van der Waals surface area contributed by atoms with Crippen LogP contribution in [0.3, 0.4) is 0 Å². The Labute approximate surface area is 294 Å². The normalized spacial score (nSPS) is 20.9. The van der Waals surface area contributed by atoms with Crippen LogP contribution in [0.15, 0.2) is 97.1 Å². The van der Waals surface area contributed by atoms with E-state index in [1.165, 1.54) is 136 Å². The van der Waals surface area contributed by atoms with E-state index in [1.807, 2.05) is 0 Å². The Bertz CT molecular complexity index is 1310. The number of rotatable bonds is 12. The van der Waals surface area contributed by atoms with Crippen molar-refractivity contribution >= 4 is 0 Å². The van der Waals surface area contributed by atoms with Crippen LogP contribution in [0.5, 0.6) is 0 Å². The molecule has 2 aliphatic carbocycles. The molecule has 0 bridgehead atoms. The molecular formula is C48H64. The van der Waals surface area contributed by atoms with Gasteiger partial charge in [0.2, 0.25) is 0 Å². The second-order valence-electron chi connectivity index (χ2n) is 15.2. The van der Waals surface area contributed by atoms with Crippen LogP contribution in [0, 0.1) is 11.8 Å². The van der Waals surface area contributed by atoms with Crippen molar-refractivity contribution in [2.75, 3.05) is 0 Å². The maximum absolute atomic E-state index is 2.38. The lowest BCUT2D eigenvalue weighted by Gasteiger charge is -2.28. The third kappa shape index (κ3) is 10.4. The molecule has 0 atom stereocenters. The summed E-state index contributed by atoms with van der Waals surface area (Å²) in [5.74, 6) is 3.57. The van der Waals surface area contributed by atoms with Crippen LogP contribution in [0.1, 0.15) is 152 Å². The van der Waals surface area contributed by atoms with Gasteiger partial charge in [-0.2, -0.15) is 0 Å². The highest BCUT2D eigenvalue weighted by Gasteiger charge is 2.23. The van der Waals surface area contributed by atoms with E-state index in [4.69, 9.17) is 0 Å². The van der Waals surface area contributed by atoms with E-state index in [9.17, 15) is 0 Å². The largest absolute Gasteiger partial charge is 0.0654 e. The fraction of sp³-hybridized carbons (Fsp3) is 0.500. The SMILES string of the molecule is CCCc1ccc(-c2ccc(C3CCC(CCC)CC3)cc2)cc1.CCCc1ccc(-c2ccc(C3CCC(CCC)CC3)cc2)cc1. The average Bonchev–Trinajstić information content (AvgIpc) is 3.14. The van der Waals surface area contributed by atoms with Crippen LogP contribution in [0.2, 0.25) is 0 Å². The molecule has 0 unspecified atom stereocenters. The van der Waals surface area contributed by atoms with Gasteiger partial charge in [-0.05, 0) is 132 Å². The Hall–Kier alpha value is -3.12. The molecule has 0 aliphatic heterocycles. The van der Waals surface area contributed by atoms with Crippen LogP contribution in [0.25, 0.3) is 22.3 Å². The van der Waals surface area contributed by atoms with E-state index >= 15 is 0 Å². The molecule has 0 saturated heterocycles. The van der Waals surface area contributed by atoms with E-state index in [2.05, 4.69) is 125 Å². The molecule has 0 N–H and O–H groups in total. The molecule has 0 heterocycles. The van der Waals surface area contributed by atoms with E-state index < -0.39 is 0 Å². The highest BCUT2D eigenvalue weighted by atomic mass is 14.3. The molecule has 0 aromatic heterocycles. The minimum Gasteiger partial charge on any atom is -0.0654 e. The molecule has 2 fully saturated rings. The first kappa shape index (κ1) is 36.2. The zero-order valence-electron chi connectivity index (χ0n) is 30.9. The maximum atomic E-state index is 2.38. The average molecular weight is 641 g/mol. The second-order valence-corrected chi connectivity index (χ2v) is 15.2. The Morgan fingerprint density at radius 2 is 0.646 bits per heavy atom. The Morgan fingerprint density at radius 3 is 0.917 bits per heavy atom. The smallest absolute Gasteiger partial charge is 0.0162 e. The molecule has 6 rings (SSSR count). The summed E-state index contributed by atoms with van der Waals surface area (Å²) in [7, 11) is 0. The van der Waals surface area contributed by atoms with Gasteiger partial charge in [0.05, 0.1) is 0 Å². The minimum absolute atomic E-state index is 0.791. The maximum Gasteiger partial charge on any atom is -0.0162 e. The van der Waals surface area contributed by atoms with E-state index in [-0.39, 0.29) is 0 Å². The van der Waals surface area contributed by atoms with Gasteiger partial charge in [0.15, 0.2) is 0 Å². The molecule has 48 heavy (non-hydrogen) atoms. The summed E-state index contributed by atoms with van der Waals surface area (Å²) in [6.45, 7) is 9.11. The summed E-state index contributed by atoms with van der Waals surface area (Å²) in [6, 6.07) is 37.0. The van der Waals surface area contributed by atoms with Crippen molar-refractivity contribution < 1.29 is 0 Å². The van der Waals surface area contributed by atoms with Crippen molar-refractivity contribution in [3.8, 4) is 22.3 Å². The van der Waals surface area contributed by atoms with Crippen LogP contribution < -0.4 is 0 Å². The quantitative estimate of drug-likeness (QED) is 0.144. The van der Waals surface area contributed by atoms with E-state index in [0.717, 1.165) is 23.7 Å². The number of hydrogen-bond donors (Lipinski definition) is 0. The third-order valence-electron chi connectivity index (χ3n) is 11.5. The lowest BCUT2D eigenvalue weighted by atomic mass is 9.77. The first-order valence-electron chi connectivity index (χ1n) is 20.0. The molecule has 4 aromatic carbocycles. The molecule has 0 nitrogen and oxygen atoms in total. The first-order chi connectivity index (χ1) is 23.6. The Morgan fingerprint density at radius 1 is 0.354 bits per heavy atom. The lowest BCUT2D eigenvalue weighted by Crippen LogP contribution is -2.13. The van der Waals surface area contributed by atoms with Crippen molar-refractivity contribution in [3.05, 3.63) is 119 Å². The molecule has 4 aromatic rings. The Balaban J connectivity index is 0.000000188. The van der Waals surface area contributed by atoms with Crippen LogP contribution in [-0.2, 0) is 12.8 Å². The summed E-state index contributed by atoms with van der Waals surface area (Å²) in [5.41, 5.74) is 11.4. The van der Waals surface area contributed by atoms with E-state index in [0.29, 0.717) is 0 Å². The van der Waals surface area contributed by atoms with Crippen LogP contribution >= 0.6 is 0 Å². The van der Waals surface area contributed by atoms with Gasteiger partial charge in [0, 0.05) is 0 Å². The summed E-state index contributed by atoms with van der Waals surface area (Å²) in [6.07, 6.45) is 21.6. The molecule has 2 saturated carbocycles. The number of hydrogen-bond acceptors (Lipinski definition) is 0. The van der Waals surface area contributed by atoms with E-state index in [1.54, 1.807) is 11.1 Å². The summed E-state index contributed by atoms with van der Waals surface area (Å²) in [5, 5.41) is 0. The third-order valence-corrected chi connectivity index (χ3v) is 11.5. The summed E-state index contributed by atoms with van der Waals surface area (Å²) < 4.78 is 0. The van der Waals surface area contributed by atoms with Crippen molar-refractivity contribution in [1.29, 1.82) is 0 Å². The van der Waals surface area contributed by atoms with Gasteiger partial charge in [0.1, 0.15) is 0 Å². The minimum atomic E-state index is 0.791. The predicted octanol–water partition coefficient (Wildman–Crippen LogP) is 14.8. The summed E-state index contributed by atoms with van der Waals surface area (Å²) in [4.78, 5) is 0. The molecule has 0 heteroatoms. The van der Waals surface area contributed by atoms with Gasteiger partial charge in [-0.15, -0.1) is 0 Å². The fourth-order valence-electron chi connectivity index (χ4n) is 8.59. The standard InChI is InChI=1S/2C24H32/c2*1-3-5-19-7-11-21(12-8-19)23-15-17-24(18-16-23)22-13-9-20(6-4-2)10-14-22/h2*7-8,11-12,15-18,20,22H,3-6,9-10,13-14H2,1-2H3. The predicted molar refractivity (Wildman–Crippen MR) is 211 cm³/mol. The van der Waals surface area contributed by atoms with Crippen LogP contribution in [-0.4, -0.2) is 0 Å². The van der Waals surface area contributed by atoms with Gasteiger partial charge in [-0.3, -0.25) is 0 Å². The van der Waals surface area contributed by atoms with Gasteiger partial charge >= 0.3 is 0 Å². The number of aryl methyl sites for hydroxylation is 2. The van der Waals surface area contributed by atoms with Gasteiger partial charge in [-0.1, -0.05) is 163 Å². The second kappa shape index (κ2) is 19.2. The highest BCUT2D eigenvalue weighted by Crippen LogP contribution is 2.39. The van der Waals surface area contributed by atoms with Crippen molar-refractivity contribution in [3.63, 3.8) is 0 Å². The summed E-state index contributed by atoms with van der Waals surface area (Å²) >= 11 is 0. The zero-order chi connectivity index (χ0) is 33.6. The van der Waals surface area contributed by atoms with Crippen molar-refractivity contribution in [2.24, 2.45) is 11.8 Å². The lowest BCUT2D eigenvalue weighted by molar-refractivity contribution is 0.308. The topological polar surface area (TPSA) is 0 Å². The molecule has 0 spiro atoms. The zero-order valence-corrected chi connectivity index (χ0v) is 30.9. The molecule has 0 amide bonds. The van der Waals surface area contributed by atoms with Gasteiger partial charge in [0.25, 0.3) is 0 Å². The van der Waals surface area contributed by atoms with Crippen molar-refractivity contribution in [2.45, 2.75) is 142 Å². The van der Waals surface area contributed by atoms with Crippen molar-refractivity contribution in [1.82, 2.24) is 0 Å². The Kier molecular flexibility index (Phi) is 14.4. The monoisotopic (exact) mass is 641 g/mol. The molecule has 256 valence electrons. The first-order valence-corrected chi connectivity index (χ1v) is 20.0. The fourth-order valence-corrected chi connectivity index (χ4v) is 8.59. The van der Waals surface area contributed by atoms with Crippen LogP contribution in [0.4, 0.5) is 0 Å². The van der Waals surface area contributed by atoms with Gasteiger partial charge in [-0.25, -0.2) is 0 Å². The highest BCUT2D eigenvalue weighted by molar-refractivity contribution is 5.65. The molecule has 2 aliphatic rings. The number of benzene rings is 4. The molecular weight excluding hydrogens is 577 g/mol.